The molecule has 18 heavy (non-hydrogen) atoms. The highest BCUT2D eigenvalue weighted by molar-refractivity contribution is 5.92. The number of nitrogens with one attached hydrogen (secondary N) is 2. The number of rotatable bonds is 4. The molecule has 1 heterocycles. The van der Waals surface area contributed by atoms with Gasteiger partial charge < -0.3 is 14.9 Å². The lowest BCUT2D eigenvalue weighted by molar-refractivity contribution is -0.119. The monoisotopic (exact) mass is 246 g/mol. The molecule has 0 radical (unpaired) electrons. The zero-order valence-corrected chi connectivity index (χ0v) is 9.97. The third-order valence-corrected chi connectivity index (χ3v) is 2.41. The van der Waals surface area contributed by atoms with Gasteiger partial charge in [-0.25, -0.2) is 5.48 Å². The van der Waals surface area contributed by atoms with Crippen molar-refractivity contribution in [1.82, 2.24) is 10.8 Å². The Balaban J connectivity index is 1.92. The normalized spacial score (nSPS) is 13.1. The molecule has 5 heteroatoms. The summed E-state index contributed by atoms with van der Waals surface area (Å²) in [6, 6.07) is 7.53. The van der Waals surface area contributed by atoms with Crippen molar-refractivity contribution in [2.45, 2.75) is 6.54 Å². The number of amides is 1. The van der Waals surface area contributed by atoms with Crippen LogP contribution in [0.15, 0.2) is 48.4 Å². The van der Waals surface area contributed by atoms with Gasteiger partial charge >= 0.3 is 0 Å². The molecule has 0 atom stereocenters. The number of ether oxygens (including phenoxy) is 1. The van der Waals surface area contributed by atoms with Crippen LogP contribution >= 0.6 is 0 Å². The van der Waals surface area contributed by atoms with Crippen LogP contribution in [0.1, 0.15) is 5.56 Å². The number of benzene rings is 1. The van der Waals surface area contributed by atoms with Gasteiger partial charge in [0.2, 0.25) is 0 Å². The van der Waals surface area contributed by atoms with Crippen LogP contribution in [0.5, 0.6) is 5.75 Å². The predicted octanol–water partition coefficient (Wildman–Crippen LogP) is 1.24. The molecule has 0 spiro atoms. The Morgan fingerprint density at radius 3 is 3.11 bits per heavy atom. The summed E-state index contributed by atoms with van der Waals surface area (Å²) in [6.45, 7) is 0.429. The summed E-state index contributed by atoms with van der Waals surface area (Å²) in [7, 11) is 1.61. The maximum atomic E-state index is 11.7. The fourth-order valence-corrected chi connectivity index (χ4v) is 1.49. The molecule has 2 N–H and O–H groups in total. The topological polar surface area (TPSA) is 59.6 Å². The van der Waals surface area contributed by atoms with E-state index in [1.165, 1.54) is 6.26 Å². The van der Waals surface area contributed by atoms with E-state index in [-0.39, 0.29) is 5.91 Å². The Labute approximate surface area is 105 Å². The van der Waals surface area contributed by atoms with Gasteiger partial charge in [-0.1, -0.05) is 12.1 Å². The fraction of sp³-hybridized carbons (Fsp3) is 0.154. The molecular weight excluding hydrogens is 232 g/mol. The van der Waals surface area contributed by atoms with Crippen LogP contribution in [0.4, 0.5) is 0 Å². The molecule has 0 saturated carbocycles. The average Bonchev–Trinajstić information content (AvgIpc) is 2.46. The molecule has 0 bridgehead atoms. The number of hydrogen-bond donors (Lipinski definition) is 2. The Hall–Kier alpha value is -2.43. The van der Waals surface area contributed by atoms with Crippen molar-refractivity contribution >= 4 is 5.91 Å². The molecule has 1 amide bonds. The zero-order chi connectivity index (χ0) is 12.8. The molecule has 2 rings (SSSR count). The van der Waals surface area contributed by atoms with Crippen molar-refractivity contribution in [3.63, 3.8) is 0 Å². The Morgan fingerprint density at radius 1 is 1.50 bits per heavy atom. The minimum Gasteiger partial charge on any atom is -0.497 e. The standard InChI is InChI=1S/C13H14N2O3/c1-17-11-5-2-4-10(8-11)9-14-13(16)12-6-3-7-18-15-12/h2-8,15H,9H2,1H3,(H,14,16). The molecule has 1 aromatic carbocycles. The molecule has 1 aliphatic heterocycles. The SMILES string of the molecule is COc1cccc(CNC(=O)C2=CC=CON2)c1. The van der Waals surface area contributed by atoms with E-state index >= 15 is 0 Å². The van der Waals surface area contributed by atoms with Crippen molar-refractivity contribution in [3.05, 3.63) is 53.9 Å². The van der Waals surface area contributed by atoms with Gasteiger partial charge in [0, 0.05) is 6.54 Å². The first kappa shape index (κ1) is 12.0. The van der Waals surface area contributed by atoms with E-state index in [1.54, 1.807) is 19.3 Å². The molecular formula is C13H14N2O3. The van der Waals surface area contributed by atoms with E-state index in [1.807, 2.05) is 24.3 Å². The van der Waals surface area contributed by atoms with Crippen molar-refractivity contribution in [2.75, 3.05) is 7.11 Å². The molecule has 5 nitrogen and oxygen atoms in total. The first-order valence-corrected chi connectivity index (χ1v) is 5.49. The van der Waals surface area contributed by atoms with Crippen LogP contribution in [0.25, 0.3) is 0 Å². The highest BCUT2D eigenvalue weighted by Crippen LogP contribution is 2.12. The van der Waals surface area contributed by atoms with E-state index in [2.05, 4.69) is 10.8 Å². The third-order valence-electron chi connectivity index (χ3n) is 2.41. The number of hydroxylamine groups is 1. The lowest BCUT2D eigenvalue weighted by Gasteiger charge is -2.12. The van der Waals surface area contributed by atoms with Crippen molar-refractivity contribution < 1.29 is 14.4 Å². The maximum Gasteiger partial charge on any atom is 0.270 e. The number of methoxy groups -OCH3 is 1. The molecule has 1 aromatic rings. The summed E-state index contributed by atoms with van der Waals surface area (Å²) in [5.74, 6) is 0.546. The Kier molecular flexibility index (Phi) is 3.86. The van der Waals surface area contributed by atoms with Crippen molar-refractivity contribution in [1.29, 1.82) is 0 Å². The molecule has 94 valence electrons. The van der Waals surface area contributed by atoms with Crippen LogP contribution in [0.2, 0.25) is 0 Å². The highest BCUT2D eigenvalue weighted by Gasteiger charge is 2.10. The van der Waals surface area contributed by atoms with Crippen LogP contribution in [0, 0.1) is 0 Å². The van der Waals surface area contributed by atoms with Crippen molar-refractivity contribution in [2.24, 2.45) is 0 Å². The second kappa shape index (κ2) is 5.77. The number of hydrogen-bond acceptors (Lipinski definition) is 4. The van der Waals surface area contributed by atoms with Crippen LogP contribution in [0.3, 0.4) is 0 Å². The smallest absolute Gasteiger partial charge is 0.270 e. The first-order chi connectivity index (χ1) is 8.79. The fourth-order valence-electron chi connectivity index (χ4n) is 1.49. The maximum absolute atomic E-state index is 11.7. The number of carbonyl (C=O) groups excluding carboxylic acids is 1. The minimum absolute atomic E-state index is 0.220. The first-order valence-electron chi connectivity index (χ1n) is 5.49. The third kappa shape index (κ3) is 3.04. The molecule has 0 aromatic heterocycles. The second-order valence-electron chi connectivity index (χ2n) is 3.66. The molecule has 0 aliphatic carbocycles. The summed E-state index contributed by atoms with van der Waals surface area (Å²) < 4.78 is 5.11. The second-order valence-corrected chi connectivity index (χ2v) is 3.66. The predicted molar refractivity (Wildman–Crippen MR) is 66.3 cm³/mol. The average molecular weight is 246 g/mol. The Morgan fingerprint density at radius 2 is 2.39 bits per heavy atom. The summed E-state index contributed by atoms with van der Waals surface area (Å²) >= 11 is 0. The highest BCUT2D eigenvalue weighted by atomic mass is 16.6. The van der Waals surface area contributed by atoms with Gasteiger partial charge in [0.1, 0.15) is 17.7 Å². The van der Waals surface area contributed by atoms with E-state index in [4.69, 9.17) is 9.57 Å². The largest absolute Gasteiger partial charge is 0.497 e. The van der Waals surface area contributed by atoms with Gasteiger partial charge in [-0.2, -0.15) is 0 Å². The van der Waals surface area contributed by atoms with E-state index in [0.717, 1.165) is 11.3 Å². The molecule has 0 unspecified atom stereocenters. The number of carbonyl (C=O) groups is 1. The summed E-state index contributed by atoms with van der Waals surface area (Å²) in [5, 5.41) is 2.78. The van der Waals surface area contributed by atoms with Crippen LogP contribution in [-0.2, 0) is 16.2 Å². The summed E-state index contributed by atoms with van der Waals surface area (Å²) in [4.78, 5) is 16.6. The number of allylic oxidation sites excluding steroid dienone is 2. The quantitative estimate of drug-likeness (QED) is 0.839. The van der Waals surface area contributed by atoms with Crippen molar-refractivity contribution in [3.8, 4) is 5.75 Å². The van der Waals surface area contributed by atoms with Gasteiger partial charge in [-0.05, 0) is 29.8 Å². The van der Waals surface area contributed by atoms with Gasteiger partial charge in [0.25, 0.3) is 5.91 Å². The van der Waals surface area contributed by atoms with Gasteiger partial charge in [0.15, 0.2) is 0 Å². The lowest BCUT2D eigenvalue weighted by Crippen LogP contribution is -2.31. The minimum atomic E-state index is -0.220. The van der Waals surface area contributed by atoms with Crippen LogP contribution < -0.4 is 15.5 Å². The molecule has 1 aliphatic rings. The van der Waals surface area contributed by atoms with Crippen LogP contribution in [-0.4, -0.2) is 13.0 Å². The van der Waals surface area contributed by atoms with Gasteiger partial charge in [-0.15, -0.1) is 0 Å². The zero-order valence-electron chi connectivity index (χ0n) is 9.97. The van der Waals surface area contributed by atoms with E-state index < -0.39 is 0 Å². The summed E-state index contributed by atoms with van der Waals surface area (Å²) in [6.07, 6.45) is 4.75. The van der Waals surface area contributed by atoms with E-state index in [9.17, 15) is 4.79 Å². The van der Waals surface area contributed by atoms with Gasteiger partial charge in [0.05, 0.1) is 7.11 Å². The molecule has 0 saturated heterocycles. The van der Waals surface area contributed by atoms with E-state index in [0.29, 0.717) is 12.2 Å². The summed E-state index contributed by atoms with van der Waals surface area (Å²) in [5.41, 5.74) is 3.86. The van der Waals surface area contributed by atoms with Gasteiger partial charge in [-0.3, -0.25) is 4.79 Å². The lowest BCUT2D eigenvalue weighted by atomic mass is 10.2. The molecule has 0 fully saturated rings. The Bertz CT molecular complexity index is 495.